The number of benzene rings is 1. The zero-order valence-electron chi connectivity index (χ0n) is 17.1. The molecule has 1 rings (SSSR count). The fourth-order valence-electron chi connectivity index (χ4n) is 3.30. The Kier molecular flexibility index (Phi) is 13.8. The Labute approximate surface area is 173 Å². The molecule has 1 aromatic rings. The highest BCUT2D eigenvalue weighted by atomic mass is 16.3. The number of hydrogen-bond donors (Lipinski definition) is 6. The summed E-state index contributed by atoms with van der Waals surface area (Å²) in [5.74, 6) is 0. The molecule has 1 aromatic carbocycles. The summed E-state index contributed by atoms with van der Waals surface area (Å²) in [4.78, 5) is 5.46. The SMILES string of the molecule is OCCN(CCO)CC(O)CN(CC(O)CN(CCO)CCO)c1ccccc1. The summed E-state index contributed by atoms with van der Waals surface area (Å²) in [7, 11) is 0. The van der Waals surface area contributed by atoms with E-state index < -0.39 is 12.2 Å². The van der Waals surface area contributed by atoms with Gasteiger partial charge in [-0.15, -0.1) is 0 Å². The highest BCUT2D eigenvalue weighted by Gasteiger charge is 2.20. The molecule has 0 heterocycles. The maximum absolute atomic E-state index is 10.6. The van der Waals surface area contributed by atoms with E-state index in [9.17, 15) is 10.2 Å². The van der Waals surface area contributed by atoms with E-state index in [1.165, 1.54) is 0 Å². The van der Waals surface area contributed by atoms with Crippen LogP contribution in [0.25, 0.3) is 0 Å². The molecule has 2 unspecified atom stereocenters. The Bertz CT molecular complexity index is 472. The third-order valence-electron chi connectivity index (χ3n) is 4.59. The summed E-state index contributed by atoms with van der Waals surface area (Å²) < 4.78 is 0. The van der Waals surface area contributed by atoms with E-state index in [2.05, 4.69) is 0 Å². The van der Waals surface area contributed by atoms with Crippen molar-refractivity contribution in [3.63, 3.8) is 0 Å². The zero-order valence-corrected chi connectivity index (χ0v) is 17.1. The maximum atomic E-state index is 10.6. The fourth-order valence-corrected chi connectivity index (χ4v) is 3.30. The number of anilines is 1. The van der Waals surface area contributed by atoms with Crippen LogP contribution in [-0.4, -0.2) is 131 Å². The average Bonchev–Trinajstić information content (AvgIpc) is 2.69. The van der Waals surface area contributed by atoms with Gasteiger partial charge >= 0.3 is 0 Å². The summed E-state index contributed by atoms with van der Waals surface area (Å²) >= 11 is 0. The molecule has 0 fully saturated rings. The standard InChI is InChI=1S/C20H37N3O6/c24-10-6-21(7-11-25)14-19(28)16-23(18-4-2-1-3-5-18)17-20(29)15-22(8-12-26)9-13-27/h1-5,19-20,24-29H,6-17H2. The van der Waals surface area contributed by atoms with E-state index in [-0.39, 0.29) is 39.5 Å². The van der Waals surface area contributed by atoms with Crippen molar-refractivity contribution in [2.45, 2.75) is 12.2 Å². The first kappa shape index (κ1) is 25.7. The quantitative estimate of drug-likeness (QED) is 0.168. The molecule has 0 saturated carbocycles. The van der Waals surface area contributed by atoms with E-state index in [0.717, 1.165) is 5.69 Å². The van der Waals surface area contributed by atoms with Gasteiger partial charge in [0, 0.05) is 58.0 Å². The molecule has 0 aliphatic carbocycles. The van der Waals surface area contributed by atoms with Crippen molar-refractivity contribution in [2.75, 3.05) is 83.7 Å². The fraction of sp³-hybridized carbons (Fsp3) is 0.700. The van der Waals surface area contributed by atoms with E-state index in [0.29, 0.717) is 39.3 Å². The topological polar surface area (TPSA) is 131 Å². The van der Waals surface area contributed by atoms with Crippen molar-refractivity contribution in [1.29, 1.82) is 0 Å². The first-order chi connectivity index (χ1) is 14.0. The van der Waals surface area contributed by atoms with Crippen molar-refractivity contribution in [3.05, 3.63) is 30.3 Å². The van der Waals surface area contributed by atoms with Crippen molar-refractivity contribution in [1.82, 2.24) is 9.80 Å². The second kappa shape index (κ2) is 15.5. The summed E-state index contributed by atoms with van der Waals surface area (Å²) in [6.07, 6.45) is -1.49. The van der Waals surface area contributed by atoms with E-state index >= 15 is 0 Å². The second-order valence-corrected chi connectivity index (χ2v) is 7.04. The van der Waals surface area contributed by atoms with Gasteiger partial charge < -0.3 is 35.5 Å². The van der Waals surface area contributed by atoms with Gasteiger partial charge in [-0.25, -0.2) is 0 Å². The highest BCUT2D eigenvalue weighted by Crippen LogP contribution is 2.15. The van der Waals surface area contributed by atoms with Crippen LogP contribution in [0.1, 0.15) is 0 Å². The van der Waals surface area contributed by atoms with Gasteiger partial charge in [-0.05, 0) is 12.1 Å². The normalized spacial score (nSPS) is 13.8. The lowest BCUT2D eigenvalue weighted by atomic mass is 10.2. The summed E-state index contributed by atoms with van der Waals surface area (Å²) in [5.41, 5.74) is 0.859. The monoisotopic (exact) mass is 415 g/mol. The van der Waals surface area contributed by atoms with Crippen molar-refractivity contribution < 1.29 is 30.6 Å². The lowest BCUT2D eigenvalue weighted by molar-refractivity contribution is 0.0798. The van der Waals surface area contributed by atoms with Crippen molar-refractivity contribution in [3.8, 4) is 0 Å². The Morgan fingerprint density at radius 1 is 0.586 bits per heavy atom. The lowest BCUT2D eigenvalue weighted by Gasteiger charge is -2.33. The van der Waals surface area contributed by atoms with Gasteiger partial charge in [0.05, 0.1) is 38.6 Å². The largest absolute Gasteiger partial charge is 0.395 e. The second-order valence-electron chi connectivity index (χ2n) is 7.04. The Morgan fingerprint density at radius 2 is 0.966 bits per heavy atom. The molecule has 0 bridgehead atoms. The molecule has 0 aromatic heterocycles. The lowest BCUT2D eigenvalue weighted by Crippen LogP contribution is -2.46. The third kappa shape index (κ3) is 10.9. The van der Waals surface area contributed by atoms with Gasteiger partial charge in [0.2, 0.25) is 0 Å². The van der Waals surface area contributed by atoms with E-state index in [4.69, 9.17) is 20.4 Å². The molecule has 0 spiro atoms. The predicted molar refractivity (Wildman–Crippen MR) is 112 cm³/mol. The number of aliphatic hydroxyl groups excluding tert-OH is 6. The Morgan fingerprint density at radius 3 is 1.31 bits per heavy atom. The summed E-state index contributed by atoms with van der Waals surface area (Å²) in [5, 5.41) is 57.7. The van der Waals surface area contributed by atoms with Gasteiger partial charge in [0.15, 0.2) is 0 Å². The third-order valence-corrected chi connectivity index (χ3v) is 4.59. The molecule has 0 amide bonds. The van der Waals surface area contributed by atoms with Gasteiger partial charge in [0.1, 0.15) is 0 Å². The molecular formula is C20H37N3O6. The number of rotatable bonds is 17. The Balaban J connectivity index is 2.76. The molecule has 0 aliphatic rings. The van der Waals surface area contributed by atoms with E-state index in [1.807, 2.05) is 35.2 Å². The number of aliphatic hydroxyl groups is 6. The van der Waals surface area contributed by atoms with Gasteiger partial charge in [-0.2, -0.15) is 0 Å². The molecule has 0 aliphatic heterocycles. The van der Waals surface area contributed by atoms with Crippen LogP contribution in [0.5, 0.6) is 0 Å². The minimum atomic E-state index is -0.744. The Hall–Kier alpha value is -1.30. The van der Waals surface area contributed by atoms with Crippen LogP contribution in [-0.2, 0) is 0 Å². The van der Waals surface area contributed by atoms with Gasteiger partial charge in [0.25, 0.3) is 0 Å². The van der Waals surface area contributed by atoms with Crippen LogP contribution < -0.4 is 4.90 Å². The minimum Gasteiger partial charge on any atom is -0.395 e. The maximum Gasteiger partial charge on any atom is 0.0841 e. The minimum absolute atomic E-state index is 0.0562. The van der Waals surface area contributed by atoms with Crippen molar-refractivity contribution in [2.24, 2.45) is 0 Å². The average molecular weight is 416 g/mol. The predicted octanol–water partition coefficient (Wildman–Crippen LogP) is -2.21. The van der Waals surface area contributed by atoms with Crippen LogP contribution in [0.4, 0.5) is 5.69 Å². The summed E-state index contributed by atoms with van der Waals surface area (Å²) in [6, 6.07) is 9.46. The molecule has 9 nitrogen and oxygen atoms in total. The van der Waals surface area contributed by atoms with Crippen LogP contribution in [0, 0.1) is 0 Å². The van der Waals surface area contributed by atoms with Gasteiger partial charge in [-0.3, -0.25) is 9.80 Å². The molecular weight excluding hydrogens is 378 g/mol. The summed E-state index contributed by atoms with van der Waals surface area (Å²) in [6.45, 7) is 2.36. The molecule has 0 saturated heterocycles. The van der Waals surface area contributed by atoms with Crippen LogP contribution in [0.2, 0.25) is 0 Å². The number of hydrogen-bond acceptors (Lipinski definition) is 9. The van der Waals surface area contributed by atoms with E-state index in [1.54, 1.807) is 9.80 Å². The van der Waals surface area contributed by atoms with Gasteiger partial charge in [-0.1, -0.05) is 18.2 Å². The first-order valence-electron chi connectivity index (χ1n) is 10.1. The zero-order chi connectivity index (χ0) is 21.5. The first-order valence-corrected chi connectivity index (χ1v) is 10.1. The highest BCUT2D eigenvalue weighted by molar-refractivity contribution is 5.46. The number of nitrogens with zero attached hydrogens (tertiary/aromatic N) is 3. The van der Waals surface area contributed by atoms with Crippen LogP contribution in [0.15, 0.2) is 30.3 Å². The smallest absolute Gasteiger partial charge is 0.0841 e. The molecule has 2 atom stereocenters. The van der Waals surface area contributed by atoms with Crippen LogP contribution in [0.3, 0.4) is 0 Å². The molecule has 9 heteroatoms. The molecule has 0 radical (unpaired) electrons. The molecule has 6 N–H and O–H groups in total. The molecule has 168 valence electrons. The number of para-hydroxylation sites is 1. The van der Waals surface area contributed by atoms with Crippen molar-refractivity contribution >= 4 is 5.69 Å². The van der Waals surface area contributed by atoms with Crippen LogP contribution >= 0.6 is 0 Å². The molecule has 29 heavy (non-hydrogen) atoms.